The Labute approximate surface area is 119 Å². The van der Waals surface area contributed by atoms with Crippen molar-refractivity contribution >= 4 is 17.9 Å². The van der Waals surface area contributed by atoms with Crippen molar-refractivity contribution in [3.05, 3.63) is 5.82 Å². The largest absolute Gasteiger partial charge is 0.469 e. The highest BCUT2D eigenvalue weighted by molar-refractivity contribution is 5.72. The number of hydrogen-bond donors (Lipinski definition) is 1. The highest BCUT2D eigenvalue weighted by Gasteiger charge is 2.16. The molecule has 0 bridgehead atoms. The predicted molar refractivity (Wildman–Crippen MR) is 76.1 cm³/mol. The zero-order valence-corrected chi connectivity index (χ0v) is 12.6. The fraction of sp³-hybridized carbons (Fsp3) is 0.667. The number of rotatable bonds is 6. The number of nitrogens with two attached hydrogens (primary N) is 1. The van der Waals surface area contributed by atoms with Crippen molar-refractivity contribution in [1.82, 2.24) is 19.9 Å². The molecule has 112 valence electrons. The Morgan fingerprint density at radius 3 is 2.50 bits per heavy atom. The molecule has 20 heavy (non-hydrogen) atoms. The molecule has 0 aliphatic rings. The number of esters is 1. The van der Waals surface area contributed by atoms with Gasteiger partial charge in [0.05, 0.1) is 19.6 Å². The summed E-state index contributed by atoms with van der Waals surface area (Å²) in [4.78, 5) is 27.5. The Morgan fingerprint density at radius 2 is 1.95 bits per heavy atom. The van der Waals surface area contributed by atoms with Gasteiger partial charge >= 0.3 is 5.97 Å². The lowest BCUT2D eigenvalue weighted by Gasteiger charge is -2.19. The van der Waals surface area contributed by atoms with Gasteiger partial charge in [-0.3, -0.25) is 9.69 Å². The Bertz CT molecular complexity index is 465. The van der Waals surface area contributed by atoms with Crippen LogP contribution in [0.2, 0.25) is 0 Å². The van der Waals surface area contributed by atoms with Gasteiger partial charge in [-0.2, -0.15) is 15.0 Å². The van der Waals surface area contributed by atoms with Crippen molar-refractivity contribution in [3.63, 3.8) is 0 Å². The van der Waals surface area contributed by atoms with Gasteiger partial charge in [0.25, 0.3) is 0 Å². The molecule has 1 unspecified atom stereocenters. The number of methoxy groups -OCH3 is 1. The number of aromatic nitrogens is 3. The lowest BCUT2D eigenvalue weighted by Crippen LogP contribution is -2.30. The van der Waals surface area contributed by atoms with E-state index in [0.717, 1.165) is 0 Å². The standard InChI is InChI=1S/C12H22N6O2/c1-8(10(19)20-5)6-18(4)7-9-14-11(13)16-12(15-9)17(2)3/h8H,6-7H2,1-5H3,(H2,13,14,15,16). The van der Waals surface area contributed by atoms with Gasteiger partial charge in [-0.1, -0.05) is 6.92 Å². The fourth-order valence-electron chi connectivity index (χ4n) is 1.75. The summed E-state index contributed by atoms with van der Waals surface area (Å²) in [5.41, 5.74) is 5.66. The molecule has 1 aromatic heterocycles. The van der Waals surface area contributed by atoms with Crippen molar-refractivity contribution in [2.24, 2.45) is 5.92 Å². The minimum Gasteiger partial charge on any atom is -0.469 e. The number of anilines is 2. The molecule has 1 rings (SSSR count). The lowest BCUT2D eigenvalue weighted by atomic mass is 10.2. The molecule has 8 heteroatoms. The number of carbonyl (C=O) groups is 1. The smallest absolute Gasteiger partial charge is 0.309 e. The summed E-state index contributed by atoms with van der Waals surface area (Å²) in [5.74, 6) is 0.828. The van der Waals surface area contributed by atoms with Crippen LogP contribution in [0.1, 0.15) is 12.7 Å². The molecule has 2 N–H and O–H groups in total. The van der Waals surface area contributed by atoms with Gasteiger partial charge in [0.1, 0.15) is 5.82 Å². The first-order valence-corrected chi connectivity index (χ1v) is 6.27. The van der Waals surface area contributed by atoms with Crippen LogP contribution in [0.5, 0.6) is 0 Å². The third-order valence-corrected chi connectivity index (χ3v) is 2.69. The first kappa shape index (κ1) is 16.1. The zero-order valence-electron chi connectivity index (χ0n) is 12.6. The topological polar surface area (TPSA) is 97.5 Å². The second kappa shape index (κ2) is 6.99. The number of carbonyl (C=O) groups excluding carboxylic acids is 1. The van der Waals surface area contributed by atoms with Crippen molar-refractivity contribution in [1.29, 1.82) is 0 Å². The molecule has 0 aliphatic carbocycles. The fourth-order valence-corrected chi connectivity index (χ4v) is 1.75. The van der Waals surface area contributed by atoms with Crippen LogP contribution >= 0.6 is 0 Å². The minimum absolute atomic E-state index is 0.188. The molecule has 0 aromatic carbocycles. The van der Waals surface area contributed by atoms with E-state index >= 15 is 0 Å². The van der Waals surface area contributed by atoms with Crippen LogP contribution in [0.3, 0.4) is 0 Å². The summed E-state index contributed by atoms with van der Waals surface area (Å²) in [7, 11) is 6.94. The monoisotopic (exact) mass is 282 g/mol. The third-order valence-electron chi connectivity index (χ3n) is 2.69. The second-order valence-electron chi connectivity index (χ2n) is 4.93. The molecule has 1 heterocycles. The summed E-state index contributed by atoms with van der Waals surface area (Å²) in [5, 5.41) is 0. The van der Waals surface area contributed by atoms with Crippen LogP contribution in [-0.2, 0) is 16.1 Å². The Balaban J connectivity index is 2.70. The van der Waals surface area contributed by atoms with E-state index in [9.17, 15) is 4.79 Å². The maximum Gasteiger partial charge on any atom is 0.309 e. The summed E-state index contributed by atoms with van der Waals surface area (Å²) < 4.78 is 4.70. The first-order valence-electron chi connectivity index (χ1n) is 6.27. The van der Waals surface area contributed by atoms with Gasteiger partial charge < -0.3 is 15.4 Å². The van der Waals surface area contributed by atoms with Crippen LogP contribution in [0.15, 0.2) is 0 Å². The Hall–Kier alpha value is -1.96. The van der Waals surface area contributed by atoms with Gasteiger partial charge in [-0.25, -0.2) is 0 Å². The van der Waals surface area contributed by atoms with Crippen molar-refractivity contribution < 1.29 is 9.53 Å². The van der Waals surface area contributed by atoms with Gasteiger partial charge in [0.2, 0.25) is 11.9 Å². The van der Waals surface area contributed by atoms with Crippen molar-refractivity contribution in [2.75, 3.05) is 45.4 Å². The molecule has 0 fully saturated rings. The predicted octanol–water partition coefficient (Wildman–Crippen LogP) is -0.239. The molecule has 0 amide bonds. The quantitative estimate of drug-likeness (QED) is 0.714. The van der Waals surface area contributed by atoms with E-state index in [2.05, 4.69) is 15.0 Å². The summed E-state index contributed by atoms with van der Waals surface area (Å²) >= 11 is 0. The second-order valence-corrected chi connectivity index (χ2v) is 4.93. The highest BCUT2D eigenvalue weighted by atomic mass is 16.5. The summed E-state index contributed by atoms with van der Waals surface area (Å²) in [6.07, 6.45) is 0. The number of nitrogens with zero attached hydrogens (tertiary/aromatic N) is 5. The van der Waals surface area contributed by atoms with Crippen LogP contribution in [0.25, 0.3) is 0 Å². The van der Waals surface area contributed by atoms with Gasteiger partial charge in [-0.05, 0) is 7.05 Å². The Morgan fingerprint density at radius 1 is 1.30 bits per heavy atom. The first-order chi connectivity index (χ1) is 9.33. The van der Waals surface area contributed by atoms with E-state index in [1.165, 1.54) is 7.11 Å². The van der Waals surface area contributed by atoms with E-state index in [0.29, 0.717) is 24.9 Å². The van der Waals surface area contributed by atoms with E-state index < -0.39 is 0 Å². The van der Waals surface area contributed by atoms with E-state index in [4.69, 9.17) is 10.5 Å². The van der Waals surface area contributed by atoms with E-state index in [1.54, 1.807) is 4.90 Å². The number of hydrogen-bond acceptors (Lipinski definition) is 8. The molecule has 0 saturated heterocycles. The van der Waals surface area contributed by atoms with E-state index in [1.807, 2.05) is 33.0 Å². The molecule has 8 nitrogen and oxygen atoms in total. The van der Waals surface area contributed by atoms with Crippen LogP contribution < -0.4 is 10.6 Å². The van der Waals surface area contributed by atoms with Gasteiger partial charge in [-0.15, -0.1) is 0 Å². The molecule has 0 radical (unpaired) electrons. The molecule has 0 aliphatic heterocycles. The third kappa shape index (κ3) is 4.61. The average molecular weight is 282 g/mol. The van der Waals surface area contributed by atoms with E-state index in [-0.39, 0.29) is 17.8 Å². The van der Waals surface area contributed by atoms with Crippen LogP contribution in [-0.4, -0.2) is 60.6 Å². The number of nitrogen functional groups attached to an aromatic ring is 1. The molecular weight excluding hydrogens is 260 g/mol. The summed E-state index contributed by atoms with van der Waals surface area (Å²) in [6.45, 7) is 2.85. The highest BCUT2D eigenvalue weighted by Crippen LogP contribution is 2.08. The Kier molecular flexibility index (Phi) is 5.63. The van der Waals surface area contributed by atoms with Crippen LogP contribution in [0.4, 0.5) is 11.9 Å². The zero-order chi connectivity index (χ0) is 15.3. The lowest BCUT2D eigenvalue weighted by molar-refractivity contribution is -0.145. The molecular formula is C12H22N6O2. The molecule has 1 atom stereocenters. The van der Waals surface area contributed by atoms with Gasteiger partial charge in [0.15, 0.2) is 0 Å². The molecule has 1 aromatic rings. The maximum atomic E-state index is 11.4. The average Bonchev–Trinajstić information content (AvgIpc) is 2.36. The molecule has 0 spiro atoms. The van der Waals surface area contributed by atoms with Gasteiger partial charge in [0, 0.05) is 20.6 Å². The van der Waals surface area contributed by atoms with Crippen molar-refractivity contribution in [2.45, 2.75) is 13.5 Å². The summed E-state index contributed by atoms with van der Waals surface area (Å²) in [6, 6.07) is 0. The van der Waals surface area contributed by atoms with Crippen molar-refractivity contribution in [3.8, 4) is 0 Å². The minimum atomic E-state index is -0.235. The molecule has 0 saturated carbocycles. The number of ether oxygens (including phenoxy) is 1. The maximum absolute atomic E-state index is 11.4. The SMILES string of the molecule is COC(=O)C(C)CN(C)Cc1nc(N)nc(N(C)C)n1. The van der Waals surface area contributed by atoms with Crippen LogP contribution in [0, 0.1) is 5.92 Å². The normalized spacial score (nSPS) is 12.3.